The third-order valence-corrected chi connectivity index (χ3v) is 6.91. The van der Waals surface area contributed by atoms with Crippen LogP contribution in [0.2, 0.25) is 0 Å². The summed E-state index contributed by atoms with van der Waals surface area (Å²) >= 11 is 1.86. The van der Waals surface area contributed by atoms with E-state index in [1.165, 1.54) is 49.6 Å². The number of rotatable bonds is 10. The number of benzene rings is 3. The highest BCUT2D eigenvalue weighted by atomic mass is 127. The molecule has 0 bridgehead atoms. The van der Waals surface area contributed by atoms with Gasteiger partial charge in [0, 0.05) is 12.1 Å². The van der Waals surface area contributed by atoms with E-state index in [-0.39, 0.29) is 45.7 Å². The number of nitro groups is 1. The molecule has 0 atom stereocenters. The number of hydrogen-bond donors (Lipinski definition) is 1. The summed E-state index contributed by atoms with van der Waals surface area (Å²) in [7, 11) is -2.83. The Balaban J connectivity index is 1.96. The Kier molecular flexibility index (Phi) is 9.26. The molecule has 0 saturated carbocycles. The lowest BCUT2D eigenvalue weighted by Crippen LogP contribution is -2.14. The minimum absolute atomic E-state index is 0.00676. The van der Waals surface area contributed by atoms with Crippen molar-refractivity contribution in [3.63, 3.8) is 0 Å². The van der Waals surface area contributed by atoms with Gasteiger partial charge in [-0.05, 0) is 71.5 Å². The van der Waals surface area contributed by atoms with Gasteiger partial charge >= 0.3 is 10.1 Å². The summed E-state index contributed by atoms with van der Waals surface area (Å²) in [5.41, 5.74) is -0.254. The first-order chi connectivity index (χ1) is 18.1. The lowest BCUT2D eigenvalue weighted by molar-refractivity contribution is -0.384. The number of nitriles is 1. The summed E-state index contributed by atoms with van der Waals surface area (Å²) in [5.74, 6) is -0.636. The predicted octanol–water partition coefficient (Wildman–Crippen LogP) is 4.92. The van der Waals surface area contributed by atoms with Gasteiger partial charge in [-0.3, -0.25) is 14.9 Å². The van der Waals surface area contributed by atoms with Gasteiger partial charge in [-0.15, -0.1) is 0 Å². The van der Waals surface area contributed by atoms with Gasteiger partial charge in [0.2, 0.25) is 0 Å². The second kappa shape index (κ2) is 12.4. The number of nitrogens with one attached hydrogen (secondary N) is 1. The van der Waals surface area contributed by atoms with Crippen LogP contribution in [-0.2, 0) is 14.9 Å². The molecule has 3 aromatic rings. The average molecular weight is 649 g/mol. The van der Waals surface area contributed by atoms with Gasteiger partial charge in [0.05, 0.1) is 27.9 Å². The summed E-state index contributed by atoms with van der Waals surface area (Å²) < 4.78 is 42.0. The first-order valence-electron chi connectivity index (χ1n) is 10.8. The van der Waals surface area contributed by atoms with Crippen molar-refractivity contribution in [1.29, 1.82) is 5.26 Å². The highest BCUT2D eigenvalue weighted by molar-refractivity contribution is 14.1. The van der Waals surface area contributed by atoms with Crippen LogP contribution in [0.15, 0.2) is 71.1 Å². The van der Waals surface area contributed by atoms with Gasteiger partial charge in [-0.2, -0.15) is 13.7 Å². The van der Waals surface area contributed by atoms with Crippen LogP contribution >= 0.6 is 22.6 Å². The monoisotopic (exact) mass is 649 g/mol. The summed E-state index contributed by atoms with van der Waals surface area (Å²) in [6, 6.07) is 16.0. The molecule has 0 saturated heterocycles. The highest BCUT2D eigenvalue weighted by Gasteiger charge is 2.22. The molecule has 0 heterocycles. The maximum Gasteiger partial charge on any atom is 0.339 e. The number of nitro benzene ring substituents is 1. The number of ether oxygens (including phenoxy) is 2. The van der Waals surface area contributed by atoms with Crippen LogP contribution in [0.4, 0.5) is 11.4 Å². The number of hydrogen-bond acceptors (Lipinski definition) is 9. The molecule has 0 unspecified atom stereocenters. The van der Waals surface area contributed by atoms with Crippen LogP contribution in [0.1, 0.15) is 12.5 Å². The lowest BCUT2D eigenvalue weighted by atomic mass is 10.1. The van der Waals surface area contributed by atoms with Gasteiger partial charge in [0.15, 0.2) is 11.5 Å². The molecule has 0 aliphatic carbocycles. The molecule has 0 aliphatic heterocycles. The normalized spacial score (nSPS) is 11.3. The van der Waals surface area contributed by atoms with E-state index in [2.05, 4.69) is 5.32 Å². The fraction of sp³-hybridized carbons (Fsp3) is 0.120. The molecule has 38 heavy (non-hydrogen) atoms. The molecule has 3 rings (SSSR count). The third kappa shape index (κ3) is 6.78. The van der Waals surface area contributed by atoms with Gasteiger partial charge < -0.3 is 19.0 Å². The van der Waals surface area contributed by atoms with Crippen molar-refractivity contribution in [2.75, 3.05) is 19.0 Å². The summed E-state index contributed by atoms with van der Waals surface area (Å²) in [4.78, 5) is 23.3. The average Bonchev–Trinajstić information content (AvgIpc) is 2.89. The molecule has 0 aliphatic rings. The van der Waals surface area contributed by atoms with E-state index in [1.807, 2.05) is 22.6 Å². The number of carbonyl (C=O) groups is 1. The topological polar surface area (TPSA) is 158 Å². The number of methoxy groups -OCH3 is 1. The van der Waals surface area contributed by atoms with Gasteiger partial charge in [-0.1, -0.05) is 18.2 Å². The van der Waals surface area contributed by atoms with E-state index >= 15 is 0 Å². The van der Waals surface area contributed by atoms with Crippen LogP contribution in [0.5, 0.6) is 17.2 Å². The number of nitrogens with zero attached hydrogens (tertiary/aromatic N) is 2. The van der Waals surface area contributed by atoms with Crippen LogP contribution < -0.4 is 19.0 Å². The fourth-order valence-corrected chi connectivity index (χ4v) is 5.04. The van der Waals surface area contributed by atoms with Gasteiger partial charge in [-0.25, -0.2) is 0 Å². The zero-order valence-electron chi connectivity index (χ0n) is 20.0. The maximum absolute atomic E-state index is 12.8. The van der Waals surface area contributed by atoms with Gasteiger partial charge in [0.25, 0.3) is 11.6 Å². The van der Waals surface area contributed by atoms with Crippen LogP contribution in [0.3, 0.4) is 0 Å². The van der Waals surface area contributed by atoms with Crippen molar-refractivity contribution in [2.24, 2.45) is 0 Å². The molecule has 3 aromatic carbocycles. The zero-order valence-corrected chi connectivity index (χ0v) is 23.0. The third-order valence-electron chi connectivity index (χ3n) is 4.87. The number of halogens is 1. The van der Waals surface area contributed by atoms with E-state index in [1.54, 1.807) is 31.2 Å². The predicted molar refractivity (Wildman–Crippen MR) is 146 cm³/mol. The van der Waals surface area contributed by atoms with E-state index in [0.29, 0.717) is 9.13 Å². The standard InChI is InChI=1S/C25H20IN3O8S/c1-3-36-23-13-16(12-20(26)24(23)37-38(33,34)19-7-5-4-6-8-19)11-17(15-27)25(30)28-21-14-18(29(31)32)9-10-22(21)35-2/h4-14H,3H2,1-2H3,(H,28,30)/b17-11+. The van der Waals surface area contributed by atoms with Crippen molar-refractivity contribution in [2.45, 2.75) is 11.8 Å². The molecule has 0 radical (unpaired) electrons. The molecule has 0 spiro atoms. The van der Waals surface area contributed by atoms with E-state index in [9.17, 15) is 28.6 Å². The summed E-state index contributed by atoms with van der Waals surface area (Å²) in [6.07, 6.45) is 1.26. The Bertz CT molecular complexity index is 1550. The molecule has 0 fully saturated rings. The molecule has 196 valence electrons. The molecular formula is C25H20IN3O8S. The first-order valence-corrected chi connectivity index (χ1v) is 13.3. The molecular weight excluding hydrogens is 629 g/mol. The van der Waals surface area contributed by atoms with Gasteiger partial charge in [0.1, 0.15) is 22.3 Å². The second-order valence-corrected chi connectivity index (χ2v) is 10.1. The molecule has 11 nitrogen and oxygen atoms in total. The Morgan fingerprint density at radius 2 is 1.87 bits per heavy atom. The molecule has 13 heteroatoms. The minimum Gasteiger partial charge on any atom is -0.495 e. The molecule has 0 aromatic heterocycles. The highest BCUT2D eigenvalue weighted by Crippen LogP contribution is 2.37. The summed E-state index contributed by atoms with van der Waals surface area (Å²) in [6.45, 7) is 1.88. The number of carbonyl (C=O) groups excluding carboxylic acids is 1. The minimum atomic E-state index is -4.16. The Labute approximate surface area is 232 Å². The van der Waals surface area contributed by atoms with Crippen LogP contribution in [-0.4, -0.2) is 33.0 Å². The number of anilines is 1. The number of non-ortho nitro benzene ring substituents is 1. The quantitative estimate of drug-likeness (QED) is 0.0804. The fourth-order valence-electron chi connectivity index (χ4n) is 3.17. The van der Waals surface area contributed by atoms with Crippen molar-refractivity contribution < 1.29 is 31.8 Å². The number of amides is 1. The van der Waals surface area contributed by atoms with Crippen molar-refractivity contribution >= 4 is 56.1 Å². The Morgan fingerprint density at radius 1 is 1.16 bits per heavy atom. The largest absolute Gasteiger partial charge is 0.495 e. The Hall–Kier alpha value is -4.16. The lowest BCUT2D eigenvalue weighted by Gasteiger charge is -2.15. The second-order valence-electron chi connectivity index (χ2n) is 7.38. The van der Waals surface area contributed by atoms with Crippen molar-refractivity contribution in [3.8, 4) is 23.3 Å². The van der Waals surface area contributed by atoms with Crippen molar-refractivity contribution in [3.05, 3.63) is 85.5 Å². The Morgan fingerprint density at radius 3 is 2.47 bits per heavy atom. The maximum atomic E-state index is 12.8. The first kappa shape index (κ1) is 28.4. The van der Waals surface area contributed by atoms with Crippen LogP contribution in [0.25, 0.3) is 6.08 Å². The zero-order chi connectivity index (χ0) is 27.9. The van der Waals surface area contributed by atoms with Crippen LogP contribution in [0, 0.1) is 25.0 Å². The van der Waals surface area contributed by atoms with E-state index in [0.717, 1.165) is 6.07 Å². The van der Waals surface area contributed by atoms with E-state index in [4.69, 9.17) is 13.7 Å². The SMILES string of the molecule is CCOc1cc(/C=C(\C#N)C(=O)Nc2cc([N+](=O)[O-])ccc2OC)cc(I)c1OS(=O)(=O)c1ccccc1. The molecule has 1 amide bonds. The summed E-state index contributed by atoms with van der Waals surface area (Å²) in [5, 5.41) is 23.2. The van der Waals surface area contributed by atoms with E-state index < -0.39 is 20.9 Å². The smallest absolute Gasteiger partial charge is 0.339 e. The van der Waals surface area contributed by atoms with Crippen molar-refractivity contribution in [1.82, 2.24) is 0 Å². The molecule has 1 N–H and O–H groups in total.